The fourth-order valence-electron chi connectivity index (χ4n) is 4.49. The molecule has 3 rings (SSSR count). The van der Waals surface area contributed by atoms with Gasteiger partial charge in [0.15, 0.2) is 5.96 Å². The van der Waals surface area contributed by atoms with E-state index in [0.29, 0.717) is 6.61 Å². The second kappa shape index (κ2) is 9.39. The fraction of sp³-hybridized carbons (Fsp3) is 0.667. The lowest BCUT2D eigenvalue weighted by Gasteiger charge is -2.32. The number of guanidine groups is 1. The predicted molar refractivity (Wildman–Crippen MR) is 113 cm³/mol. The van der Waals surface area contributed by atoms with Crippen LogP contribution in [-0.2, 0) is 10.2 Å². The molecule has 1 unspecified atom stereocenters. The summed E-state index contributed by atoms with van der Waals surface area (Å²) >= 11 is 3.62. The summed E-state index contributed by atoms with van der Waals surface area (Å²) in [5.74, 6) is 0.834. The first-order valence-electron chi connectivity index (χ1n) is 10.0. The van der Waals surface area contributed by atoms with Gasteiger partial charge in [-0.05, 0) is 43.4 Å². The van der Waals surface area contributed by atoms with Crippen molar-refractivity contribution in [1.29, 1.82) is 0 Å². The van der Waals surface area contributed by atoms with Crippen LogP contribution in [-0.4, -0.2) is 51.0 Å². The van der Waals surface area contributed by atoms with Gasteiger partial charge in [-0.2, -0.15) is 0 Å². The van der Waals surface area contributed by atoms with E-state index in [-0.39, 0.29) is 17.4 Å². The summed E-state index contributed by atoms with van der Waals surface area (Å²) < 4.78 is 6.73. The molecule has 0 radical (unpaired) electrons. The van der Waals surface area contributed by atoms with Gasteiger partial charge in [0.25, 0.3) is 0 Å². The molecule has 1 aliphatic carbocycles. The van der Waals surface area contributed by atoms with Crippen molar-refractivity contribution in [1.82, 2.24) is 10.6 Å². The van der Waals surface area contributed by atoms with E-state index >= 15 is 0 Å². The lowest BCUT2D eigenvalue weighted by Crippen LogP contribution is -2.48. The van der Waals surface area contributed by atoms with Crippen LogP contribution in [0.25, 0.3) is 0 Å². The van der Waals surface area contributed by atoms with Crippen LogP contribution in [0.2, 0.25) is 0 Å². The van der Waals surface area contributed by atoms with Gasteiger partial charge in [-0.3, -0.25) is 4.99 Å². The van der Waals surface area contributed by atoms with Crippen molar-refractivity contribution in [3.05, 3.63) is 34.3 Å². The number of ether oxygens (including phenoxy) is 1. The highest BCUT2D eigenvalue weighted by atomic mass is 79.9. The van der Waals surface area contributed by atoms with Gasteiger partial charge in [-0.1, -0.05) is 40.9 Å². The molecule has 1 saturated carbocycles. The van der Waals surface area contributed by atoms with Gasteiger partial charge in [-0.25, -0.2) is 0 Å². The molecule has 27 heavy (non-hydrogen) atoms. The molecule has 1 atom stereocenters. The molecule has 0 amide bonds. The highest BCUT2D eigenvalue weighted by Crippen LogP contribution is 2.41. The number of halogens is 1. The minimum absolute atomic E-state index is 0.0156. The predicted octanol–water partition coefficient (Wildman–Crippen LogP) is 3.22. The van der Waals surface area contributed by atoms with Gasteiger partial charge in [0.2, 0.25) is 0 Å². The molecule has 6 heteroatoms. The number of aliphatic hydroxyl groups excluding tert-OH is 1. The molecule has 1 saturated heterocycles. The van der Waals surface area contributed by atoms with Gasteiger partial charge in [-0.15, -0.1) is 0 Å². The third kappa shape index (κ3) is 5.04. The van der Waals surface area contributed by atoms with Crippen molar-refractivity contribution in [2.24, 2.45) is 10.4 Å². The summed E-state index contributed by atoms with van der Waals surface area (Å²) in [7, 11) is 1.82. The average Bonchev–Trinajstić information content (AvgIpc) is 3.33. The summed E-state index contributed by atoms with van der Waals surface area (Å²) in [6, 6.07) is 8.73. The molecule has 1 heterocycles. The van der Waals surface area contributed by atoms with Crippen molar-refractivity contribution in [3.63, 3.8) is 0 Å². The van der Waals surface area contributed by atoms with Crippen LogP contribution in [0.15, 0.2) is 33.7 Å². The van der Waals surface area contributed by atoms with Gasteiger partial charge < -0.3 is 20.5 Å². The van der Waals surface area contributed by atoms with Crippen LogP contribution in [0, 0.1) is 5.41 Å². The van der Waals surface area contributed by atoms with Crippen molar-refractivity contribution < 1.29 is 9.84 Å². The van der Waals surface area contributed by atoms with Crippen molar-refractivity contribution in [2.45, 2.75) is 43.9 Å². The van der Waals surface area contributed by atoms with Crippen LogP contribution in [0.5, 0.6) is 0 Å². The second-order valence-corrected chi connectivity index (χ2v) is 8.97. The highest BCUT2D eigenvalue weighted by Gasteiger charge is 2.37. The molecule has 5 nitrogen and oxygen atoms in total. The Morgan fingerprint density at radius 2 is 2.00 bits per heavy atom. The molecule has 0 spiro atoms. The summed E-state index contributed by atoms with van der Waals surface area (Å²) in [5, 5.41) is 16.5. The smallest absolute Gasteiger partial charge is 0.191 e. The normalized spacial score (nSPS) is 24.9. The number of nitrogens with zero attached hydrogens (tertiary/aromatic N) is 1. The van der Waals surface area contributed by atoms with E-state index in [1.165, 1.54) is 31.2 Å². The largest absolute Gasteiger partial charge is 0.396 e. The monoisotopic (exact) mass is 437 g/mol. The van der Waals surface area contributed by atoms with Gasteiger partial charge in [0, 0.05) is 48.7 Å². The Bertz CT molecular complexity index is 638. The van der Waals surface area contributed by atoms with E-state index in [1.54, 1.807) is 0 Å². The Kier molecular flexibility index (Phi) is 7.17. The molecule has 3 N–H and O–H groups in total. The minimum atomic E-state index is 0.0156. The van der Waals surface area contributed by atoms with Crippen molar-refractivity contribution >= 4 is 21.9 Å². The topological polar surface area (TPSA) is 65.9 Å². The van der Waals surface area contributed by atoms with Crippen LogP contribution >= 0.6 is 15.9 Å². The summed E-state index contributed by atoms with van der Waals surface area (Å²) in [4.78, 5) is 4.43. The van der Waals surface area contributed by atoms with Gasteiger partial charge in [0.05, 0.1) is 6.61 Å². The molecule has 1 aromatic carbocycles. The molecular weight excluding hydrogens is 406 g/mol. The summed E-state index contributed by atoms with van der Waals surface area (Å²) in [6.07, 6.45) is 6.71. The molecule has 150 valence electrons. The first-order chi connectivity index (χ1) is 13.1. The quantitative estimate of drug-likeness (QED) is 0.452. The van der Waals surface area contributed by atoms with Gasteiger partial charge in [0.1, 0.15) is 0 Å². The molecule has 2 aliphatic rings. The zero-order chi connectivity index (χ0) is 19.2. The van der Waals surface area contributed by atoms with Crippen LogP contribution in [0.4, 0.5) is 0 Å². The van der Waals surface area contributed by atoms with Crippen molar-refractivity contribution in [2.75, 3.05) is 40.0 Å². The minimum Gasteiger partial charge on any atom is -0.396 e. The molecule has 0 aromatic heterocycles. The third-order valence-corrected chi connectivity index (χ3v) is 6.77. The Hall–Kier alpha value is -1.11. The van der Waals surface area contributed by atoms with Gasteiger partial charge >= 0.3 is 0 Å². The third-order valence-electron chi connectivity index (χ3n) is 6.27. The van der Waals surface area contributed by atoms with E-state index in [2.05, 4.69) is 55.8 Å². The Morgan fingerprint density at radius 3 is 2.63 bits per heavy atom. The number of aliphatic hydroxyl groups is 1. The zero-order valence-electron chi connectivity index (χ0n) is 16.3. The van der Waals surface area contributed by atoms with E-state index in [4.69, 9.17) is 4.74 Å². The van der Waals surface area contributed by atoms with Crippen molar-refractivity contribution in [3.8, 4) is 0 Å². The molecule has 2 fully saturated rings. The lowest BCUT2D eigenvalue weighted by molar-refractivity contribution is 0.127. The van der Waals surface area contributed by atoms with Crippen LogP contribution < -0.4 is 10.6 Å². The maximum absolute atomic E-state index is 9.41. The first kappa shape index (κ1) is 20.6. The fourth-order valence-corrected chi connectivity index (χ4v) is 4.89. The number of aliphatic imine (C=N–C) groups is 1. The van der Waals surface area contributed by atoms with E-state index in [9.17, 15) is 5.11 Å². The molecule has 1 aliphatic heterocycles. The number of rotatable bonds is 7. The first-order valence-corrected chi connectivity index (χ1v) is 10.8. The Balaban J connectivity index is 1.62. The standard InChI is InChI=1S/C21H32BrN3O2/c1-23-19(24-14-20(9-11-26)10-12-27-16-20)25-15-21(7-2-3-8-21)17-5-4-6-18(22)13-17/h4-6,13,26H,2-3,7-12,14-16H2,1H3,(H2,23,24,25). The van der Waals surface area contributed by atoms with Crippen LogP contribution in [0.3, 0.4) is 0 Å². The maximum Gasteiger partial charge on any atom is 0.191 e. The van der Waals surface area contributed by atoms with E-state index in [0.717, 1.165) is 43.0 Å². The number of benzene rings is 1. The number of hydrogen-bond donors (Lipinski definition) is 3. The summed E-state index contributed by atoms with van der Waals surface area (Å²) in [5.41, 5.74) is 1.58. The molecular formula is C21H32BrN3O2. The molecule has 1 aromatic rings. The number of nitrogens with one attached hydrogen (secondary N) is 2. The van der Waals surface area contributed by atoms with E-state index in [1.807, 2.05) is 7.05 Å². The lowest BCUT2D eigenvalue weighted by atomic mass is 9.79. The Labute approximate surface area is 171 Å². The Morgan fingerprint density at radius 1 is 1.22 bits per heavy atom. The van der Waals surface area contributed by atoms with E-state index < -0.39 is 0 Å². The average molecular weight is 438 g/mol. The zero-order valence-corrected chi connectivity index (χ0v) is 17.9. The van der Waals surface area contributed by atoms with Crippen LogP contribution in [0.1, 0.15) is 44.1 Å². The summed E-state index contributed by atoms with van der Waals surface area (Å²) in [6.45, 7) is 3.34. The SMILES string of the molecule is CN=C(NCC1(CCO)CCOC1)NCC1(c2cccc(Br)c2)CCCC1. The highest BCUT2D eigenvalue weighted by molar-refractivity contribution is 9.10. The maximum atomic E-state index is 9.41. The molecule has 0 bridgehead atoms. The number of hydrogen-bond acceptors (Lipinski definition) is 3. The second-order valence-electron chi connectivity index (χ2n) is 8.05.